The molecule has 3 nitrogen and oxygen atoms in total. The molecule has 0 spiro atoms. The van der Waals surface area contributed by atoms with Crippen molar-refractivity contribution in [1.29, 1.82) is 0 Å². The molecule has 0 aromatic carbocycles. The zero-order valence-electron chi connectivity index (χ0n) is 12.2. The lowest BCUT2D eigenvalue weighted by Gasteiger charge is -2.33. The number of thiophene rings is 1. The summed E-state index contributed by atoms with van der Waals surface area (Å²) in [6.45, 7) is 9.11. The monoisotopic (exact) mass is 280 g/mol. The maximum absolute atomic E-state index is 12.6. The van der Waals surface area contributed by atoms with E-state index >= 15 is 0 Å². The summed E-state index contributed by atoms with van der Waals surface area (Å²) in [7, 11) is 0. The van der Waals surface area contributed by atoms with Crippen LogP contribution in [0.4, 0.5) is 0 Å². The summed E-state index contributed by atoms with van der Waals surface area (Å²) in [6, 6.07) is 2.41. The van der Waals surface area contributed by atoms with Crippen molar-refractivity contribution in [2.75, 3.05) is 19.6 Å². The number of carbonyl (C=O) groups is 1. The molecule has 1 fully saturated rings. The molecule has 106 valence electrons. The van der Waals surface area contributed by atoms with E-state index in [4.69, 9.17) is 0 Å². The summed E-state index contributed by atoms with van der Waals surface area (Å²) in [5.74, 6) is 0.219. The Balaban J connectivity index is 2.18. The second-order valence-corrected chi connectivity index (χ2v) is 6.35. The number of amides is 1. The first kappa shape index (κ1) is 14.5. The number of carbonyl (C=O) groups excluding carboxylic acids is 1. The first-order valence-corrected chi connectivity index (χ1v) is 8.12. The van der Waals surface area contributed by atoms with E-state index < -0.39 is 0 Å². The van der Waals surface area contributed by atoms with Gasteiger partial charge in [-0.1, -0.05) is 20.3 Å². The van der Waals surface area contributed by atoms with Crippen molar-refractivity contribution in [3.8, 4) is 0 Å². The van der Waals surface area contributed by atoms with Gasteiger partial charge >= 0.3 is 0 Å². The van der Waals surface area contributed by atoms with Gasteiger partial charge in [0.2, 0.25) is 0 Å². The third-order valence-corrected chi connectivity index (χ3v) is 4.95. The van der Waals surface area contributed by atoms with Crippen LogP contribution >= 0.6 is 11.3 Å². The predicted molar refractivity (Wildman–Crippen MR) is 81.1 cm³/mol. The Morgan fingerprint density at radius 3 is 2.95 bits per heavy atom. The van der Waals surface area contributed by atoms with Gasteiger partial charge in [0.25, 0.3) is 5.91 Å². The minimum absolute atomic E-state index is 0.219. The van der Waals surface area contributed by atoms with Gasteiger partial charge in [-0.15, -0.1) is 11.3 Å². The molecule has 0 saturated carbocycles. The SMILES string of the molecule is CCCc1sc(C(=O)N2CCNC[C@@H]2C)cc1CC. The molecular weight excluding hydrogens is 256 g/mol. The number of nitrogens with one attached hydrogen (secondary N) is 1. The Morgan fingerprint density at radius 1 is 1.53 bits per heavy atom. The topological polar surface area (TPSA) is 32.3 Å². The average Bonchev–Trinajstić information content (AvgIpc) is 2.82. The van der Waals surface area contributed by atoms with Crippen LogP contribution in [0.25, 0.3) is 0 Å². The van der Waals surface area contributed by atoms with E-state index in [9.17, 15) is 4.79 Å². The van der Waals surface area contributed by atoms with Crippen molar-refractivity contribution in [2.24, 2.45) is 0 Å². The number of hydrogen-bond acceptors (Lipinski definition) is 3. The van der Waals surface area contributed by atoms with E-state index in [1.807, 2.05) is 4.90 Å². The molecule has 0 unspecified atom stereocenters. The van der Waals surface area contributed by atoms with Crippen LogP contribution in [-0.2, 0) is 12.8 Å². The molecule has 1 aliphatic heterocycles. The number of piperazine rings is 1. The van der Waals surface area contributed by atoms with E-state index in [1.54, 1.807) is 11.3 Å². The van der Waals surface area contributed by atoms with E-state index in [2.05, 4.69) is 32.2 Å². The van der Waals surface area contributed by atoms with E-state index in [0.717, 1.165) is 43.8 Å². The van der Waals surface area contributed by atoms with Gasteiger partial charge in [-0.25, -0.2) is 0 Å². The number of hydrogen-bond donors (Lipinski definition) is 1. The van der Waals surface area contributed by atoms with Crippen molar-refractivity contribution in [3.05, 3.63) is 21.4 Å². The Labute approximate surface area is 120 Å². The van der Waals surface area contributed by atoms with Gasteiger partial charge in [0.15, 0.2) is 0 Å². The Kier molecular flexibility index (Phi) is 4.99. The van der Waals surface area contributed by atoms with Crippen LogP contribution < -0.4 is 5.32 Å². The minimum atomic E-state index is 0.219. The Bertz CT molecular complexity index is 441. The average molecular weight is 280 g/mol. The quantitative estimate of drug-likeness (QED) is 0.919. The standard InChI is InChI=1S/C15H24N2OS/c1-4-6-13-12(5-2)9-14(19-13)15(18)17-8-7-16-10-11(17)3/h9,11,16H,4-8,10H2,1-3H3/t11-/m0/s1. The highest BCUT2D eigenvalue weighted by molar-refractivity contribution is 7.14. The molecule has 2 rings (SSSR count). The molecule has 1 amide bonds. The fourth-order valence-corrected chi connectivity index (χ4v) is 3.91. The lowest BCUT2D eigenvalue weighted by molar-refractivity contribution is 0.0661. The highest BCUT2D eigenvalue weighted by Gasteiger charge is 2.25. The van der Waals surface area contributed by atoms with Gasteiger partial charge < -0.3 is 10.2 Å². The molecule has 1 aliphatic rings. The van der Waals surface area contributed by atoms with Crippen LogP contribution in [-0.4, -0.2) is 36.5 Å². The second-order valence-electron chi connectivity index (χ2n) is 5.21. The van der Waals surface area contributed by atoms with Crippen molar-refractivity contribution in [2.45, 2.75) is 46.1 Å². The summed E-state index contributed by atoms with van der Waals surface area (Å²) in [6.07, 6.45) is 3.26. The fraction of sp³-hybridized carbons (Fsp3) is 0.667. The molecule has 0 radical (unpaired) electrons. The number of rotatable bonds is 4. The summed E-state index contributed by atoms with van der Waals surface area (Å²) >= 11 is 1.70. The highest BCUT2D eigenvalue weighted by atomic mass is 32.1. The summed E-state index contributed by atoms with van der Waals surface area (Å²) in [4.78, 5) is 16.9. The van der Waals surface area contributed by atoms with Crippen LogP contribution in [0.1, 0.15) is 47.3 Å². The molecule has 1 aromatic rings. The lowest BCUT2D eigenvalue weighted by Crippen LogP contribution is -2.52. The fourth-order valence-electron chi connectivity index (χ4n) is 2.59. The molecule has 2 heterocycles. The predicted octanol–water partition coefficient (Wildman–Crippen LogP) is 2.70. The zero-order chi connectivity index (χ0) is 13.8. The third kappa shape index (κ3) is 3.18. The first-order chi connectivity index (χ1) is 9.17. The molecule has 19 heavy (non-hydrogen) atoms. The van der Waals surface area contributed by atoms with E-state index in [-0.39, 0.29) is 5.91 Å². The molecule has 0 aliphatic carbocycles. The molecular formula is C15H24N2OS. The lowest BCUT2D eigenvalue weighted by atomic mass is 10.1. The van der Waals surface area contributed by atoms with E-state index in [0.29, 0.717) is 6.04 Å². The van der Waals surface area contributed by atoms with Crippen molar-refractivity contribution in [1.82, 2.24) is 10.2 Å². The van der Waals surface area contributed by atoms with Crippen molar-refractivity contribution in [3.63, 3.8) is 0 Å². The molecule has 0 bridgehead atoms. The number of aryl methyl sites for hydroxylation is 2. The second kappa shape index (κ2) is 6.53. The van der Waals surface area contributed by atoms with Gasteiger partial charge in [0.05, 0.1) is 4.88 Å². The van der Waals surface area contributed by atoms with Crippen LogP contribution in [0.5, 0.6) is 0 Å². The maximum Gasteiger partial charge on any atom is 0.264 e. The van der Waals surface area contributed by atoms with Crippen LogP contribution in [0.3, 0.4) is 0 Å². The molecule has 1 saturated heterocycles. The van der Waals surface area contributed by atoms with Crippen molar-refractivity contribution < 1.29 is 4.79 Å². The summed E-state index contributed by atoms with van der Waals surface area (Å²) in [5, 5.41) is 3.33. The van der Waals surface area contributed by atoms with Crippen molar-refractivity contribution >= 4 is 17.2 Å². The highest BCUT2D eigenvalue weighted by Crippen LogP contribution is 2.26. The van der Waals surface area contributed by atoms with Crippen LogP contribution in [0.15, 0.2) is 6.07 Å². The summed E-state index contributed by atoms with van der Waals surface area (Å²) in [5.41, 5.74) is 1.36. The Morgan fingerprint density at radius 2 is 2.32 bits per heavy atom. The molecule has 1 aromatic heterocycles. The van der Waals surface area contributed by atoms with Crippen LogP contribution in [0, 0.1) is 0 Å². The smallest absolute Gasteiger partial charge is 0.264 e. The Hall–Kier alpha value is -0.870. The molecule has 1 atom stereocenters. The van der Waals surface area contributed by atoms with Gasteiger partial charge in [-0.05, 0) is 31.4 Å². The maximum atomic E-state index is 12.6. The van der Waals surface area contributed by atoms with Crippen LogP contribution in [0.2, 0.25) is 0 Å². The minimum Gasteiger partial charge on any atom is -0.333 e. The normalized spacial score (nSPS) is 19.7. The first-order valence-electron chi connectivity index (χ1n) is 7.30. The zero-order valence-corrected chi connectivity index (χ0v) is 13.0. The van der Waals surface area contributed by atoms with Gasteiger partial charge in [0, 0.05) is 30.6 Å². The van der Waals surface area contributed by atoms with E-state index in [1.165, 1.54) is 10.4 Å². The number of nitrogens with zero attached hydrogens (tertiary/aromatic N) is 1. The summed E-state index contributed by atoms with van der Waals surface area (Å²) < 4.78 is 0. The van der Waals surface area contributed by atoms with Gasteiger partial charge in [-0.3, -0.25) is 4.79 Å². The largest absolute Gasteiger partial charge is 0.333 e. The molecule has 4 heteroatoms. The van der Waals surface area contributed by atoms with Gasteiger partial charge in [0.1, 0.15) is 0 Å². The third-order valence-electron chi connectivity index (χ3n) is 3.73. The van der Waals surface area contributed by atoms with Gasteiger partial charge in [-0.2, -0.15) is 0 Å². The molecule has 1 N–H and O–H groups in total.